The lowest BCUT2D eigenvalue weighted by molar-refractivity contribution is 0.0951. The first-order valence-electron chi connectivity index (χ1n) is 6.16. The summed E-state index contributed by atoms with van der Waals surface area (Å²) in [7, 11) is 0. The van der Waals surface area contributed by atoms with E-state index in [-0.39, 0.29) is 5.91 Å². The fourth-order valence-electron chi connectivity index (χ4n) is 1.95. The van der Waals surface area contributed by atoms with Crippen LogP contribution >= 0.6 is 15.9 Å². The van der Waals surface area contributed by atoms with Gasteiger partial charge in [-0.15, -0.1) is 0 Å². The molecule has 2 nitrogen and oxygen atoms in total. The highest BCUT2D eigenvalue weighted by atomic mass is 79.9. The van der Waals surface area contributed by atoms with E-state index in [1.54, 1.807) is 0 Å². The standard InChI is InChI=1S/C16H16BrNO/c1-11-6-7-14(12(2)8-11)10-18-16(19)13-4-3-5-15(17)9-13/h3-9H,10H2,1-2H3,(H,18,19). The summed E-state index contributed by atoms with van der Waals surface area (Å²) in [5, 5.41) is 2.94. The van der Waals surface area contributed by atoms with E-state index in [4.69, 9.17) is 0 Å². The van der Waals surface area contributed by atoms with Gasteiger partial charge in [0, 0.05) is 16.6 Å². The minimum atomic E-state index is -0.0544. The number of halogens is 1. The molecule has 0 aliphatic rings. The molecule has 0 unspecified atom stereocenters. The molecular formula is C16H16BrNO. The molecule has 2 aromatic rings. The van der Waals surface area contributed by atoms with Gasteiger partial charge in [-0.25, -0.2) is 0 Å². The number of hydrogen-bond acceptors (Lipinski definition) is 1. The molecule has 0 heterocycles. The fourth-order valence-corrected chi connectivity index (χ4v) is 2.35. The summed E-state index contributed by atoms with van der Waals surface area (Å²) in [5.74, 6) is -0.0544. The van der Waals surface area contributed by atoms with E-state index in [0.29, 0.717) is 12.1 Å². The van der Waals surface area contributed by atoms with E-state index in [1.165, 1.54) is 11.1 Å². The summed E-state index contributed by atoms with van der Waals surface area (Å²) in [6.45, 7) is 4.68. The van der Waals surface area contributed by atoms with Gasteiger partial charge in [-0.05, 0) is 43.2 Å². The number of benzene rings is 2. The highest BCUT2D eigenvalue weighted by Gasteiger charge is 2.06. The second-order valence-corrected chi connectivity index (χ2v) is 5.54. The molecule has 2 aromatic carbocycles. The molecule has 0 fully saturated rings. The molecule has 1 amide bonds. The van der Waals surface area contributed by atoms with Gasteiger partial charge >= 0.3 is 0 Å². The summed E-state index contributed by atoms with van der Waals surface area (Å²) < 4.78 is 0.909. The summed E-state index contributed by atoms with van der Waals surface area (Å²) >= 11 is 3.37. The van der Waals surface area contributed by atoms with Crippen molar-refractivity contribution in [3.8, 4) is 0 Å². The molecule has 0 bridgehead atoms. The molecule has 0 saturated carbocycles. The Bertz CT molecular complexity index is 607. The van der Waals surface area contributed by atoms with Crippen molar-refractivity contribution in [3.63, 3.8) is 0 Å². The van der Waals surface area contributed by atoms with Gasteiger partial charge in [0.05, 0.1) is 0 Å². The Morgan fingerprint density at radius 1 is 1.16 bits per heavy atom. The monoisotopic (exact) mass is 317 g/mol. The lowest BCUT2D eigenvalue weighted by Crippen LogP contribution is -2.23. The number of rotatable bonds is 3. The highest BCUT2D eigenvalue weighted by molar-refractivity contribution is 9.10. The molecule has 0 aromatic heterocycles. The molecule has 3 heteroatoms. The third kappa shape index (κ3) is 3.67. The van der Waals surface area contributed by atoms with E-state index in [2.05, 4.69) is 53.3 Å². The second-order valence-electron chi connectivity index (χ2n) is 4.62. The van der Waals surface area contributed by atoms with Crippen LogP contribution in [0.4, 0.5) is 0 Å². The van der Waals surface area contributed by atoms with Gasteiger partial charge in [-0.1, -0.05) is 45.8 Å². The van der Waals surface area contributed by atoms with E-state index in [1.807, 2.05) is 24.3 Å². The Morgan fingerprint density at radius 2 is 1.95 bits per heavy atom. The third-order valence-electron chi connectivity index (χ3n) is 3.02. The van der Waals surface area contributed by atoms with Gasteiger partial charge in [0.2, 0.25) is 0 Å². The predicted octanol–water partition coefficient (Wildman–Crippen LogP) is 4.00. The molecular weight excluding hydrogens is 302 g/mol. The number of aryl methyl sites for hydroxylation is 2. The van der Waals surface area contributed by atoms with Crippen LogP contribution in [0.5, 0.6) is 0 Å². The first-order valence-corrected chi connectivity index (χ1v) is 6.95. The van der Waals surface area contributed by atoms with Crippen molar-refractivity contribution >= 4 is 21.8 Å². The van der Waals surface area contributed by atoms with Crippen LogP contribution in [0.15, 0.2) is 46.9 Å². The molecule has 0 saturated heterocycles. The molecule has 0 aliphatic heterocycles. The first kappa shape index (κ1) is 13.8. The van der Waals surface area contributed by atoms with Crippen molar-refractivity contribution in [1.82, 2.24) is 5.32 Å². The SMILES string of the molecule is Cc1ccc(CNC(=O)c2cccc(Br)c2)c(C)c1. The van der Waals surface area contributed by atoms with Crippen LogP contribution in [-0.4, -0.2) is 5.91 Å². The second kappa shape index (κ2) is 6.02. The first-order chi connectivity index (χ1) is 9.06. The summed E-state index contributed by atoms with van der Waals surface area (Å²) in [6.07, 6.45) is 0. The van der Waals surface area contributed by atoms with Crippen LogP contribution in [-0.2, 0) is 6.54 Å². The van der Waals surface area contributed by atoms with Gasteiger partial charge in [0.25, 0.3) is 5.91 Å². The van der Waals surface area contributed by atoms with Crippen molar-refractivity contribution < 1.29 is 4.79 Å². The smallest absolute Gasteiger partial charge is 0.251 e. The zero-order valence-corrected chi connectivity index (χ0v) is 12.6. The number of carbonyl (C=O) groups excluding carboxylic acids is 1. The molecule has 0 aliphatic carbocycles. The number of hydrogen-bond donors (Lipinski definition) is 1. The van der Waals surface area contributed by atoms with Crippen LogP contribution in [0.2, 0.25) is 0 Å². The predicted molar refractivity (Wildman–Crippen MR) is 81.2 cm³/mol. The van der Waals surface area contributed by atoms with Gasteiger partial charge in [0.15, 0.2) is 0 Å². The Kier molecular flexibility index (Phi) is 4.38. The topological polar surface area (TPSA) is 29.1 Å². The van der Waals surface area contributed by atoms with Crippen LogP contribution in [0.25, 0.3) is 0 Å². The lowest BCUT2D eigenvalue weighted by atomic mass is 10.1. The van der Waals surface area contributed by atoms with Gasteiger partial charge in [0.1, 0.15) is 0 Å². The Labute approximate surface area is 122 Å². The Hall–Kier alpha value is -1.61. The van der Waals surface area contributed by atoms with Gasteiger partial charge in [-0.3, -0.25) is 4.79 Å². The highest BCUT2D eigenvalue weighted by Crippen LogP contribution is 2.13. The van der Waals surface area contributed by atoms with Crippen molar-refractivity contribution in [3.05, 3.63) is 69.2 Å². The Balaban J connectivity index is 2.04. The summed E-state index contributed by atoms with van der Waals surface area (Å²) in [4.78, 5) is 12.0. The van der Waals surface area contributed by atoms with E-state index < -0.39 is 0 Å². The normalized spacial score (nSPS) is 10.3. The molecule has 0 spiro atoms. The largest absolute Gasteiger partial charge is 0.348 e. The van der Waals surface area contributed by atoms with E-state index in [0.717, 1.165) is 10.0 Å². The number of amides is 1. The van der Waals surface area contributed by atoms with E-state index in [9.17, 15) is 4.79 Å². The van der Waals surface area contributed by atoms with E-state index >= 15 is 0 Å². The van der Waals surface area contributed by atoms with Crippen molar-refractivity contribution in [1.29, 1.82) is 0 Å². The Morgan fingerprint density at radius 3 is 2.63 bits per heavy atom. The van der Waals surface area contributed by atoms with Gasteiger partial charge in [-0.2, -0.15) is 0 Å². The average Bonchev–Trinajstić information content (AvgIpc) is 2.37. The number of carbonyl (C=O) groups is 1. The molecule has 98 valence electrons. The average molecular weight is 318 g/mol. The fraction of sp³-hybridized carbons (Fsp3) is 0.188. The molecule has 0 radical (unpaired) electrons. The van der Waals surface area contributed by atoms with Crippen molar-refractivity contribution in [2.45, 2.75) is 20.4 Å². The quantitative estimate of drug-likeness (QED) is 0.911. The number of nitrogens with one attached hydrogen (secondary N) is 1. The van der Waals surface area contributed by atoms with Gasteiger partial charge < -0.3 is 5.32 Å². The maximum absolute atomic E-state index is 12.0. The molecule has 2 rings (SSSR count). The summed E-state index contributed by atoms with van der Waals surface area (Å²) in [6, 6.07) is 13.6. The summed E-state index contributed by atoms with van der Waals surface area (Å²) in [5.41, 5.74) is 4.25. The van der Waals surface area contributed by atoms with Crippen LogP contribution < -0.4 is 5.32 Å². The zero-order valence-electron chi connectivity index (χ0n) is 11.0. The van der Waals surface area contributed by atoms with Crippen LogP contribution in [0.3, 0.4) is 0 Å². The zero-order chi connectivity index (χ0) is 13.8. The van der Waals surface area contributed by atoms with Crippen LogP contribution in [0, 0.1) is 13.8 Å². The molecule has 1 N–H and O–H groups in total. The van der Waals surface area contributed by atoms with Crippen molar-refractivity contribution in [2.75, 3.05) is 0 Å². The lowest BCUT2D eigenvalue weighted by Gasteiger charge is -2.09. The third-order valence-corrected chi connectivity index (χ3v) is 3.52. The maximum atomic E-state index is 12.0. The maximum Gasteiger partial charge on any atom is 0.251 e. The minimum Gasteiger partial charge on any atom is -0.348 e. The van der Waals surface area contributed by atoms with Crippen LogP contribution in [0.1, 0.15) is 27.0 Å². The molecule has 19 heavy (non-hydrogen) atoms. The minimum absolute atomic E-state index is 0.0544. The van der Waals surface area contributed by atoms with Crippen molar-refractivity contribution in [2.24, 2.45) is 0 Å². The molecule has 0 atom stereocenters.